The van der Waals surface area contributed by atoms with Gasteiger partial charge in [-0.1, -0.05) is 70.0 Å². The first-order valence-electron chi connectivity index (χ1n) is 10.9. The molecule has 0 heterocycles. The van der Waals surface area contributed by atoms with Crippen molar-refractivity contribution in [2.45, 2.75) is 60.4 Å². The van der Waals surface area contributed by atoms with Crippen LogP contribution in [0.5, 0.6) is 0 Å². The summed E-state index contributed by atoms with van der Waals surface area (Å²) in [4.78, 5) is 45.8. The van der Waals surface area contributed by atoms with E-state index in [9.17, 15) is 19.2 Å². The van der Waals surface area contributed by atoms with Crippen LogP contribution in [0.4, 0.5) is 0 Å². The number of aryl methyl sites for hydroxylation is 1. The summed E-state index contributed by atoms with van der Waals surface area (Å²) in [7, 11) is 0. The lowest BCUT2D eigenvalue weighted by molar-refractivity contribution is -0.131. The third-order valence-electron chi connectivity index (χ3n) is 4.04. The maximum absolute atomic E-state index is 12.0. The van der Waals surface area contributed by atoms with Crippen LogP contribution in [0.3, 0.4) is 0 Å². The average Bonchev–Trinajstić information content (AvgIpc) is 2.76. The lowest BCUT2D eigenvalue weighted by Crippen LogP contribution is -2.50. The van der Waals surface area contributed by atoms with E-state index >= 15 is 0 Å². The molecule has 3 amide bonds. The molecule has 1 atom stereocenters. The van der Waals surface area contributed by atoms with Crippen LogP contribution in [0.25, 0.3) is 0 Å². The molecule has 0 fully saturated rings. The van der Waals surface area contributed by atoms with Crippen LogP contribution in [0, 0.1) is 12.8 Å². The minimum atomic E-state index is -0.698. The molecule has 7 nitrogen and oxygen atoms in total. The number of hydrogen-bond donors (Lipinski definition) is 3. The number of carbonyl (C=O) groups is 4. The van der Waals surface area contributed by atoms with Crippen LogP contribution in [0.1, 0.15) is 53.0 Å². The van der Waals surface area contributed by atoms with E-state index in [1.807, 2.05) is 36.9 Å². The minimum absolute atomic E-state index is 0.0434. The zero-order chi connectivity index (χ0) is 24.9. The first-order chi connectivity index (χ1) is 15.1. The van der Waals surface area contributed by atoms with Crippen LogP contribution in [-0.2, 0) is 19.2 Å². The van der Waals surface area contributed by atoms with Gasteiger partial charge < -0.3 is 16.0 Å². The normalized spacial score (nSPS) is 10.5. The Bertz CT molecular complexity index is 664. The Morgan fingerprint density at radius 3 is 1.91 bits per heavy atom. The van der Waals surface area contributed by atoms with Crippen LogP contribution in [0.2, 0.25) is 0 Å². The molecule has 1 aromatic rings. The van der Waals surface area contributed by atoms with Gasteiger partial charge in [0.1, 0.15) is 6.04 Å². The van der Waals surface area contributed by atoms with Crippen molar-refractivity contribution in [3.8, 4) is 0 Å². The predicted molar refractivity (Wildman–Crippen MR) is 134 cm³/mol. The van der Waals surface area contributed by atoms with Crippen LogP contribution in [0.15, 0.2) is 30.3 Å². The summed E-state index contributed by atoms with van der Waals surface area (Å²) in [6.45, 7) is 10.7. The Labute approximate surface area is 197 Å². The van der Waals surface area contributed by atoms with E-state index in [0.29, 0.717) is 12.8 Å². The average molecular weight is 468 g/mol. The van der Waals surface area contributed by atoms with E-state index in [4.69, 9.17) is 0 Å². The van der Waals surface area contributed by atoms with Crippen molar-refractivity contribution >= 4 is 35.3 Å². The van der Waals surface area contributed by atoms with Gasteiger partial charge in [0.25, 0.3) is 0 Å². The Morgan fingerprint density at radius 1 is 0.969 bits per heavy atom. The molecular weight excluding hydrogens is 426 g/mol. The second kappa shape index (κ2) is 20.5. The molecule has 1 rings (SSSR count). The molecule has 1 aromatic carbocycles. The third-order valence-corrected chi connectivity index (χ3v) is 4.61. The second-order valence-corrected chi connectivity index (χ2v) is 8.54. The number of amides is 3. The molecule has 1 unspecified atom stereocenters. The maximum atomic E-state index is 12.0. The largest absolute Gasteiger partial charge is 0.347 e. The van der Waals surface area contributed by atoms with Gasteiger partial charge in [-0.3, -0.25) is 19.2 Å². The monoisotopic (exact) mass is 467 g/mol. The van der Waals surface area contributed by atoms with Gasteiger partial charge in [-0.2, -0.15) is 11.8 Å². The van der Waals surface area contributed by atoms with Crippen molar-refractivity contribution in [1.29, 1.82) is 0 Å². The fraction of sp³-hybridized carbons (Fsp3) is 0.583. The summed E-state index contributed by atoms with van der Waals surface area (Å²) < 4.78 is 0. The molecule has 3 N–H and O–H groups in total. The highest BCUT2D eigenvalue weighted by Crippen LogP contribution is 1.98. The van der Waals surface area contributed by atoms with E-state index in [1.165, 1.54) is 18.2 Å². The quantitative estimate of drug-likeness (QED) is 0.490. The Morgan fingerprint density at radius 2 is 1.53 bits per heavy atom. The van der Waals surface area contributed by atoms with Crippen LogP contribution < -0.4 is 16.0 Å². The number of rotatable bonds is 10. The van der Waals surface area contributed by atoms with Crippen molar-refractivity contribution in [3.05, 3.63) is 35.9 Å². The SMILES string of the molecule is CCCC(NC(=O)CNC(C)=O)C(=O)NCC(=O)C(C)C.CCSC.Cc1ccccc1. The van der Waals surface area contributed by atoms with Crippen LogP contribution >= 0.6 is 11.8 Å². The Kier molecular flexibility index (Phi) is 20.4. The van der Waals surface area contributed by atoms with E-state index in [0.717, 1.165) is 0 Å². The molecule has 0 aliphatic carbocycles. The standard InChI is InChI=1S/C14H25N3O4.C7H8.C3H8S/c1-5-6-11(17-13(20)8-15-10(4)18)14(21)16-7-12(19)9(2)3;1-7-5-3-2-4-6-7;1-3-4-2/h9,11H,5-8H2,1-4H3,(H,15,18)(H,16,21)(H,17,20);2-6H,1H3;3H2,1-2H3. The van der Waals surface area contributed by atoms with Crippen molar-refractivity contribution in [1.82, 2.24) is 16.0 Å². The van der Waals surface area contributed by atoms with Crippen LogP contribution in [-0.4, -0.2) is 54.6 Å². The molecule has 0 aliphatic rings. The number of benzene rings is 1. The molecule has 0 spiro atoms. The van der Waals surface area contributed by atoms with Gasteiger partial charge >= 0.3 is 0 Å². The summed E-state index contributed by atoms with van der Waals surface area (Å²) in [5.41, 5.74) is 1.32. The maximum Gasteiger partial charge on any atom is 0.242 e. The molecule has 182 valence electrons. The lowest BCUT2D eigenvalue weighted by Gasteiger charge is -2.18. The van der Waals surface area contributed by atoms with Crippen molar-refractivity contribution in [2.24, 2.45) is 5.92 Å². The van der Waals surface area contributed by atoms with Gasteiger partial charge in [0.2, 0.25) is 17.7 Å². The smallest absolute Gasteiger partial charge is 0.242 e. The molecule has 0 saturated heterocycles. The predicted octanol–water partition coefficient (Wildman–Crippen LogP) is 3.11. The van der Waals surface area contributed by atoms with E-state index in [-0.39, 0.29) is 36.6 Å². The Hall–Kier alpha value is -2.35. The minimum Gasteiger partial charge on any atom is -0.347 e. The number of thioether (sulfide) groups is 1. The topological polar surface area (TPSA) is 104 Å². The molecular formula is C24H41N3O4S. The lowest BCUT2D eigenvalue weighted by atomic mass is 10.1. The first-order valence-corrected chi connectivity index (χ1v) is 12.3. The van der Waals surface area contributed by atoms with Gasteiger partial charge in [-0.05, 0) is 25.4 Å². The second-order valence-electron chi connectivity index (χ2n) is 7.39. The van der Waals surface area contributed by atoms with Crippen molar-refractivity contribution < 1.29 is 19.2 Å². The molecule has 0 aliphatic heterocycles. The Balaban J connectivity index is 0. The van der Waals surface area contributed by atoms with Gasteiger partial charge in [-0.15, -0.1) is 0 Å². The zero-order valence-electron chi connectivity index (χ0n) is 20.6. The zero-order valence-corrected chi connectivity index (χ0v) is 21.4. The highest BCUT2D eigenvalue weighted by molar-refractivity contribution is 7.98. The van der Waals surface area contributed by atoms with Gasteiger partial charge in [0, 0.05) is 12.8 Å². The fourth-order valence-electron chi connectivity index (χ4n) is 2.04. The number of nitrogens with one attached hydrogen (secondary N) is 3. The number of ketones is 1. The molecule has 0 bridgehead atoms. The first kappa shape index (κ1) is 31.8. The molecule has 0 saturated carbocycles. The number of Topliss-reactive ketones (excluding diaryl/α,β-unsaturated/α-hetero) is 1. The van der Waals surface area contributed by atoms with E-state index in [2.05, 4.69) is 48.2 Å². The summed E-state index contributed by atoms with van der Waals surface area (Å²) in [5, 5.41) is 7.44. The van der Waals surface area contributed by atoms with Gasteiger partial charge in [-0.25, -0.2) is 0 Å². The highest BCUT2D eigenvalue weighted by Gasteiger charge is 2.20. The number of hydrogen-bond acceptors (Lipinski definition) is 5. The molecule has 0 radical (unpaired) electrons. The van der Waals surface area contributed by atoms with Gasteiger partial charge in [0.15, 0.2) is 5.78 Å². The van der Waals surface area contributed by atoms with Gasteiger partial charge in [0.05, 0.1) is 13.1 Å². The van der Waals surface area contributed by atoms with Crippen molar-refractivity contribution in [2.75, 3.05) is 25.1 Å². The highest BCUT2D eigenvalue weighted by atomic mass is 32.2. The summed E-state index contributed by atoms with van der Waals surface area (Å²) >= 11 is 1.86. The number of carbonyl (C=O) groups excluding carboxylic acids is 4. The summed E-state index contributed by atoms with van der Waals surface area (Å²) in [5.74, 6) is -0.118. The van der Waals surface area contributed by atoms with Crippen molar-refractivity contribution in [3.63, 3.8) is 0 Å². The third kappa shape index (κ3) is 19.6. The molecule has 8 heteroatoms. The van der Waals surface area contributed by atoms with E-state index < -0.39 is 11.9 Å². The summed E-state index contributed by atoms with van der Waals surface area (Å²) in [6.07, 6.45) is 3.27. The molecule has 0 aromatic heterocycles. The summed E-state index contributed by atoms with van der Waals surface area (Å²) in [6, 6.07) is 9.56. The molecule has 32 heavy (non-hydrogen) atoms. The van der Waals surface area contributed by atoms with E-state index in [1.54, 1.807) is 13.8 Å². The fourth-order valence-corrected chi connectivity index (χ4v) is 2.04.